The van der Waals surface area contributed by atoms with Crippen molar-refractivity contribution >= 4 is 23.4 Å². The van der Waals surface area contributed by atoms with Crippen LogP contribution in [0.2, 0.25) is 0 Å². The summed E-state index contributed by atoms with van der Waals surface area (Å²) in [6.07, 6.45) is 0.917. The minimum absolute atomic E-state index is 0.0330. The number of likely N-dealkylation sites (tertiary alicyclic amines) is 1. The number of likely N-dealkylation sites (N-methyl/N-ethyl adjacent to an activating group) is 2. The van der Waals surface area contributed by atoms with Crippen molar-refractivity contribution in [3.8, 4) is 5.75 Å². The highest BCUT2D eigenvalue weighted by Crippen LogP contribution is 2.28. The predicted molar refractivity (Wildman–Crippen MR) is 145 cm³/mol. The van der Waals surface area contributed by atoms with Gasteiger partial charge in [-0.05, 0) is 55.2 Å². The van der Waals surface area contributed by atoms with Crippen LogP contribution in [0, 0.1) is 0 Å². The van der Waals surface area contributed by atoms with Crippen molar-refractivity contribution in [3.63, 3.8) is 0 Å². The minimum atomic E-state index is -0.362. The molecule has 4 rings (SSSR count). The number of nitrogens with one attached hydrogen (secondary N) is 1. The normalized spacial score (nSPS) is 17.6. The number of nitrogens with zero attached hydrogens (tertiary/aromatic N) is 3. The van der Waals surface area contributed by atoms with Crippen molar-refractivity contribution in [3.05, 3.63) is 59.2 Å². The van der Waals surface area contributed by atoms with E-state index in [0.29, 0.717) is 44.8 Å². The molecule has 3 amide bonds. The second kappa shape index (κ2) is 12.4. The molecule has 2 heterocycles. The number of ether oxygens (including phenoxy) is 1. The SMILES string of the molecule is CCN(CC)C(=O)COc1cccc([C@@H](CN2CCC(O)C2)N(C)C(=O)Cc2ccc3c(c2)NC(=O)C3)c1. The summed E-state index contributed by atoms with van der Waals surface area (Å²) >= 11 is 0. The third kappa shape index (κ3) is 6.71. The third-order valence-electron chi connectivity index (χ3n) is 7.42. The van der Waals surface area contributed by atoms with E-state index in [0.717, 1.165) is 28.9 Å². The average Bonchev–Trinajstić information content (AvgIpc) is 3.49. The maximum Gasteiger partial charge on any atom is 0.260 e. The zero-order chi connectivity index (χ0) is 27.2. The molecule has 2 aliphatic heterocycles. The Morgan fingerprint density at radius 2 is 1.95 bits per heavy atom. The number of rotatable bonds is 11. The van der Waals surface area contributed by atoms with E-state index in [1.165, 1.54) is 0 Å². The van der Waals surface area contributed by atoms with E-state index in [4.69, 9.17) is 4.74 Å². The molecule has 2 aromatic carbocycles. The number of β-amino-alcohol motifs (C(OH)–C–C–N with tert-alkyl or cyclic N) is 1. The summed E-state index contributed by atoms with van der Waals surface area (Å²) in [6.45, 7) is 6.99. The van der Waals surface area contributed by atoms with Gasteiger partial charge in [0.15, 0.2) is 6.61 Å². The first kappa shape index (κ1) is 27.6. The fourth-order valence-electron chi connectivity index (χ4n) is 5.14. The summed E-state index contributed by atoms with van der Waals surface area (Å²) in [5.41, 5.74) is 3.46. The van der Waals surface area contributed by atoms with E-state index in [-0.39, 0.29) is 42.9 Å². The Kier molecular flexibility index (Phi) is 9.01. The molecule has 2 aliphatic rings. The molecule has 1 fully saturated rings. The third-order valence-corrected chi connectivity index (χ3v) is 7.42. The van der Waals surface area contributed by atoms with Gasteiger partial charge in [0.2, 0.25) is 11.8 Å². The van der Waals surface area contributed by atoms with Gasteiger partial charge in [0.25, 0.3) is 5.91 Å². The van der Waals surface area contributed by atoms with Crippen LogP contribution < -0.4 is 10.1 Å². The Hall–Kier alpha value is -3.43. The van der Waals surface area contributed by atoms with Crippen LogP contribution in [0.5, 0.6) is 5.75 Å². The van der Waals surface area contributed by atoms with Gasteiger partial charge in [-0.3, -0.25) is 19.3 Å². The van der Waals surface area contributed by atoms with Gasteiger partial charge in [-0.15, -0.1) is 0 Å². The fraction of sp³-hybridized carbons (Fsp3) is 0.483. The molecule has 0 radical (unpaired) electrons. The highest BCUT2D eigenvalue weighted by molar-refractivity contribution is 5.99. The second-order valence-corrected chi connectivity index (χ2v) is 10.0. The van der Waals surface area contributed by atoms with Crippen molar-refractivity contribution in [1.29, 1.82) is 0 Å². The van der Waals surface area contributed by atoms with Crippen LogP contribution >= 0.6 is 0 Å². The molecule has 38 heavy (non-hydrogen) atoms. The summed E-state index contributed by atoms with van der Waals surface area (Å²) < 4.78 is 5.83. The van der Waals surface area contributed by atoms with Gasteiger partial charge in [0, 0.05) is 45.5 Å². The zero-order valence-corrected chi connectivity index (χ0v) is 22.5. The maximum atomic E-state index is 13.5. The molecule has 9 heteroatoms. The maximum absolute atomic E-state index is 13.5. The molecule has 2 N–H and O–H groups in total. The first-order valence-electron chi connectivity index (χ1n) is 13.4. The van der Waals surface area contributed by atoms with Gasteiger partial charge in [0.1, 0.15) is 5.75 Å². The van der Waals surface area contributed by atoms with Gasteiger partial charge in [-0.1, -0.05) is 24.3 Å². The number of fused-ring (bicyclic) bond motifs is 1. The molecule has 0 saturated carbocycles. The Bertz CT molecular complexity index is 1170. The minimum Gasteiger partial charge on any atom is -0.484 e. The molecule has 2 atom stereocenters. The molecule has 0 aromatic heterocycles. The lowest BCUT2D eigenvalue weighted by Gasteiger charge is -2.32. The van der Waals surface area contributed by atoms with E-state index in [1.807, 2.05) is 56.3 Å². The fourth-order valence-corrected chi connectivity index (χ4v) is 5.14. The Labute approximate surface area is 224 Å². The van der Waals surface area contributed by atoms with Crippen molar-refractivity contribution < 1.29 is 24.2 Å². The van der Waals surface area contributed by atoms with Crippen molar-refractivity contribution in [2.24, 2.45) is 0 Å². The summed E-state index contributed by atoms with van der Waals surface area (Å²) in [4.78, 5) is 43.2. The van der Waals surface area contributed by atoms with E-state index in [9.17, 15) is 19.5 Å². The highest BCUT2D eigenvalue weighted by atomic mass is 16.5. The number of amides is 3. The molecular weight excluding hydrogens is 484 g/mol. The number of carbonyl (C=O) groups excluding carboxylic acids is 3. The summed E-state index contributed by atoms with van der Waals surface area (Å²) in [5, 5.41) is 12.9. The van der Waals surface area contributed by atoms with Crippen LogP contribution in [0.25, 0.3) is 0 Å². The lowest BCUT2D eigenvalue weighted by atomic mass is 10.0. The monoisotopic (exact) mass is 522 g/mol. The van der Waals surface area contributed by atoms with Crippen LogP contribution in [-0.4, -0.2) is 90.0 Å². The first-order valence-corrected chi connectivity index (χ1v) is 13.4. The predicted octanol–water partition coefficient (Wildman–Crippen LogP) is 2.24. The van der Waals surface area contributed by atoms with Gasteiger partial charge in [0.05, 0.1) is 25.0 Å². The van der Waals surface area contributed by atoms with Gasteiger partial charge in [-0.25, -0.2) is 0 Å². The quantitative estimate of drug-likeness (QED) is 0.469. The topological polar surface area (TPSA) is 102 Å². The molecule has 1 saturated heterocycles. The lowest BCUT2D eigenvalue weighted by molar-refractivity contribution is -0.133. The smallest absolute Gasteiger partial charge is 0.260 e. The second-order valence-electron chi connectivity index (χ2n) is 10.0. The highest BCUT2D eigenvalue weighted by Gasteiger charge is 2.29. The van der Waals surface area contributed by atoms with Crippen LogP contribution in [0.4, 0.5) is 5.69 Å². The van der Waals surface area contributed by atoms with Crippen LogP contribution in [0.15, 0.2) is 42.5 Å². The molecule has 1 unspecified atom stereocenters. The number of hydrogen-bond acceptors (Lipinski definition) is 6. The van der Waals surface area contributed by atoms with E-state index in [1.54, 1.807) is 16.8 Å². The Balaban J connectivity index is 1.50. The summed E-state index contributed by atoms with van der Waals surface area (Å²) in [5.74, 6) is 0.418. The number of hydrogen-bond donors (Lipinski definition) is 2. The summed E-state index contributed by atoms with van der Waals surface area (Å²) in [7, 11) is 1.80. The number of aliphatic hydroxyl groups excluding tert-OH is 1. The number of benzene rings is 2. The molecule has 0 aliphatic carbocycles. The molecular formula is C29H38N4O5. The van der Waals surface area contributed by atoms with Gasteiger partial charge in [-0.2, -0.15) is 0 Å². The lowest BCUT2D eigenvalue weighted by Crippen LogP contribution is -2.39. The molecule has 2 aromatic rings. The van der Waals surface area contributed by atoms with Crippen molar-refractivity contribution in [1.82, 2.24) is 14.7 Å². The Morgan fingerprint density at radius 3 is 2.66 bits per heavy atom. The summed E-state index contributed by atoms with van der Waals surface area (Å²) in [6, 6.07) is 12.9. The van der Waals surface area contributed by atoms with Gasteiger partial charge >= 0.3 is 0 Å². The Morgan fingerprint density at radius 1 is 1.16 bits per heavy atom. The molecule has 204 valence electrons. The number of anilines is 1. The van der Waals surface area contributed by atoms with E-state index < -0.39 is 0 Å². The largest absolute Gasteiger partial charge is 0.484 e. The van der Waals surface area contributed by atoms with Crippen molar-refractivity contribution in [2.75, 3.05) is 51.7 Å². The zero-order valence-electron chi connectivity index (χ0n) is 22.5. The van der Waals surface area contributed by atoms with Crippen LogP contribution in [0.3, 0.4) is 0 Å². The van der Waals surface area contributed by atoms with Crippen LogP contribution in [-0.2, 0) is 27.2 Å². The van der Waals surface area contributed by atoms with Crippen LogP contribution in [0.1, 0.15) is 43.0 Å². The standard InChI is InChI=1S/C29H38N4O5/c1-4-33(5-2)29(37)19-38-24-8-6-7-22(15-24)26(18-32-12-11-23(34)17-32)31(3)28(36)14-20-9-10-21-16-27(35)30-25(21)13-20/h6-10,13,15,23,26,34H,4-5,11-12,14,16-19H2,1-3H3,(H,30,35)/t23?,26-/m1/s1. The number of aliphatic hydroxyl groups is 1. The average molecular weight is 523 g/mol. The van der Waals surface area contributed by atoms with Gasteiger partial charge < -0.3 is 25.0 Å². The first-order chi connectivity index (χ1) is 18.3. The molecule has 0 bridgehead atoms. The molecule has 9 nitrogen and oxygen atoms in total. The van der Waals surface area contributed by atoms with Crippen molar-refractivity contribution in [2.45, 2.75) is 45.3 Å². The van der Waals surface area contributed by atoms with E-state index in [2.05, 4.69) is 10.2 Å². The molecule has 0 spiro atoms. The number of carbonyl (C=O) groups is 3. The van der Waals surface area contributed by atoms with E-state index >= 15 is 0 Å².